The smallest absolute Gasteiger partial charge is 0.312 e. The lowest BCUT2D eigenvalue weighted by Gasteiger charge is -2.25. The van der Waals surface area contributed by atoms with Crippen molar-refractivity contribution in [2.45, 2.75) is 39.3 Å². The number of hydrogen-bond acceptors (Lipinski definition) is 2. The summed E-state index contributed by atoms with van der Waals surface area (Å²) in [6, 6.07) is 10.3. The van der Waals surface area contributed by atoms with Gasteiger partial charge in [0.1, 0.15) is 0 Å². The number of carbonyl (C=O) groups is 1. The van der Waals surface area contributed by atoms with Crippen molar-refractivity contribution < 1.29 is 4.79 Å². The van der Waals surface area contributed by atoms with Gasteiger partial charge < -0.3 is 16.4 Å². The van der Waals surface area contributed by atoms with E-state index in [2.05, 4.69) is 43.5 Å². The molecule has 4 N–H and O–H groups in total. The highest BCUT2D eigenvalue weighted by molar-refractivity contribution is 5.71. The summed E-state index contributed by atoms with van der Waals surface area (Å²) in [5.74, 6) is 0.565. The average molecular weight is 263 g/mol. The Bertz CT molecular complexity index is 378. The van der Waals surface area contributed by atoms with E-state index in [4.69, 9.17) is 5.73 Å². The molecule has 4 nitrogen and oxygen atoms in total. The van der Waals surface area contributed by atoms with Gasteiger partial charge in [-0.05, 0) is 24.8 Å². The van der Waals surface area contributed by atoms with Crippen LogP contribution in [0.15, 0.2) is 30.3 Å². The molecule has 0 aromatic heterocycles. The number of hydrogen-bond donors (Lipinski definition) is 3. The number of amides is 2. The fourth-order valence-corrected chi connectivity index (χ4v) is 2.19. The minimum atomic E-state index is -0.470. The average Bonchev–Trinajstić information content (AvgIpc) is 2.36. The van der Waals surface area contributed by atoms with Crippen molar-refractivity contribution >= 4 is 6.03 Å². The number of urea groups is 1. The summed E-state index contributed by atoms with van der Waals surface area (Å²) in [6.45, 7) is 7.04. The molecule has 0 aliphatic rings. The Kier molecular flexibility index (Phi) is 6.36. The third-order valence-electron chi connectivity index (χ3n) is 3.06. The van der Waals surface area contributed by atoms with Gasteiger partial charge in [-0.2, -0.15) is 0 Å². The van der Waals surface area contributed by atoms with E-state index >= 15 is 0 Å². The Labute approximate surface area is 115 Å². The van der Waals surface area contributed by atoms with E-state index < -0.39 is 6.03 Å². The van der Waals surface area contributed by atoms with Crippen molar-refractivity contribution in [3.05, 3.63) is 35.9 Å². The fourth-order valence-electron chi connectivity index (χ4n) is 2.19. The minimum Gasteiger partial charge on any atom is -0.352 e. The van der Waals surface area contributed by atoms with Crippen LogP contribution in [0.2, 0.25) is 0 Å². The quantitative estimate of drug-likeness (QED) is 0.707. The third kappa shape index (κ3) is 6.25. The van der Waals surface area contributed by atoms with Crippen molar-refractivity contribution in [2.24, 2.45) is 11.7 Å². The summed E-state index contributed by atoms with van der Waals surface area (Å²) in [7, 11) is 0. The van der Waals surface area contributed by atoms with Crippen LogP contribution in [-0.2, 0) is 0 Å². The molecule has 19 heavy (non-hydrogen) atoms. The normalized spacial score (nSPS) is 14.1. The van der Waals surface area contributed by atoms with Crippen molar-refractivity contribution in [1.29, 1.82) is 0 Å². The highest BCUT2D eigenvalue weighted by Crippen LogP contribution is 2.14. The number of nitrogens with two attached hydrogens (primary N) is 1. The van der Waals surface area contributed by atoms with E-state index in [1.165, 1.54) is 5.56 Å². The highest BCUT2D eigenvalue weighted by atomic mass is 16.2. The van der Waals surface area contributed by atoms with Crippen LogP contribution in [0.4, 0.5) is 4.79 Å². The van der Waals surface area contributed by atoms with E-state index in [-0.39, 0.29) is 12.1 Å². The largest absolute Gasteiger partial charge is 0.352 e. The molecule has 0 bridgehead atoms. The number of benzene rings is 1. The Morgan fingerprint density at radius 2 is 1.84 bits per heavy atom. The van der Waals surface area contributed by atoms with Crippen LogP contribution in [0, 0.1) is 5.92 Å². The molecule has 1 aromatic rings. The van der Waals surface area contributed by atoms with E-state index in [9.17, 15) is 4.79 Å². The van der Waals surface area contributed by atoms with Crippen LogP contribution in [0.3, 0.4) is 0 Å². The summed E-state index contributed by atoms with van der Waals surface area (Å²) in [5.41, 5.74) is 6.38. The van der Waals surface area contributed by atoms with Gasteiger partial charge in [0.05, 0.1) is 0 Å². The predicted octanol–water partition coefficient (Wildman–Crippen LogP) is 2.42. The molecule has 0 aliphatic carbocycles. The molecule has 4 heteroatoms. The number of carbonyl (C=O) groups excluding carboxylic acids is 1. The van der Waals surface area contributed by atoms with Crippen molar-refractivity contribution in [2.75, 3.05) is 6.54 Å². The minimum absolute atomic E-state index is 0.225. The van der Waals surface area contributed by atoms with Gasteiger partial charge in [-0.3, -0.25) is 0 Å². The molecule has 1 aromatic carbocycles. The molecule has 106 valence electrons. The Hall–Kier alpha value is -1.55. The van der Waals surface area contributed by atoms with E-state index in [0.29, 0.717) is 12.5 Å². The summed E-state index contributed by atoms with van der Waals surface area (Å²) in [5, 5.41) is 6.23. The summed E-state index contributed by atoms with van der Waals surface area (Å²) < 4.78 is 0. The summed E-state index contributed by atoms with van der Waals surface area (Å²) >= 11 is 0. The highest BCUT2D eigenvalue weighted by Gasteiger charge is 2.15. The van der Waals surface area contributed by atoms with Crippen LogP contribution in [0.5, 0.6) is 0 Å². The number of nitrogens with one attached hydrogen (secondary N) is 2. The zero-order valence-corrected chi connectivity index (χ0v) is 12.0. The molecule has 0 fully saturated rings. The fraction of sp³-hybridized carbons (Fsp3) is 0.533. The molecule has 0 unspecified atom stereocenters. The second-order valence-corrected chi connectivity index (χ2v) is 5.37. The van der Waals surface area contributed by atoms with Crippen LogP contribution < -0.4 is 16.4 Å². The standard InChI is InChI=1S/C15H25N3O/c1-11(2)9-14(10-17-15(16)19)18-12(3)13-7-5-4-6-8-13/h4-8,11-12,14,18H,9-10H2,1-3H3,(H3,16,17,19)/t12-,14-/m0/s1. The molecular weight excluding hydrogens is 238 g/mol. The van der Waals surface area contributed by atoms with E-state index in [0.717, 1.165) is 6.42 Å². The van der Waals surface area contributed by atoms with Crippen LogP contribution in [0.1, 0.15) is 38.8 Å². The zero-order valence-electron chi connectivity index (χ0n) is 12.0. The lowest BCUT2D eigenvalue weighted by Crippen LogP contribution is -2.44. The second kappa shape index (κ2) is 7.79. The predicted molar refractivity (Wildman–Crippen MR) is 78.8 cm³/mol. The van der Waals surface area contributed by atoms with Crippen molar-refractivity contribution in [1.82, 2.24) is 10.6 Å². The van der Waals surface area contributed by atoms with Gasteiger partial charge in [0, 0.05) is 18.6 Å². The van der Waals surface area contributed by atoms with Crippen LogP contribution in [-0.4, -0.2) is 18.6 Å². The van der Waals surface area contributed by atoms with Gasteiger partial charge in [0.2, 0.25) is 0 Å². The molecule has 0 saturated heterocycles. The molecular formula is C15H25N3O. The lowest BCUT2D eigenvalue weighted by atomic mass is 10.0. The maximum atomic E-state index is 10.8. The zero-order chi connectivity index (χ0) is 14.3. The monoisotopic (exact) mass is 263 g/mol. The molecule has 1 rings (SSSR count). The van der Waals surface area contributed by atoms with E-state index in [1.807, 2.05) is 18.2 Å². The molecule has 2 atom stereocenters. The summed E-state index contributed by atoms with van der Waals surface area (Å²) in [4.78, 5) is 10.8. The Morgan fingerprint density at radius 3 is 2.37 bits per heavy atom. The van der Waals surface area contributed by atoms with Crippen LogP contribution in [0.25, 0.3) is 0 Å². The number of rotatable bonds is 7. The van der Waals surface area contributed by atoms with Gasteiger partial charge in [0.15, 0.2) is 0 Å². The van der Waals surface area contributed by atoms with Gasteiger partial charge >= 0.3 is 6.03 Å². The molecule has 0 saturated carbocycles. The first kappa shape index (κ1) is 15.5. The first-order valence-electron chi connectivity index (χ1n) is 6.83. The SMILES string of the molecule is CC(C)C[C@@H](CNC(N)=O)N[C@@H](C)c1ccccc1. The molecule has 0 spiro atoms. The molecule has 0 radical (unpaired) electrons. The first-order valence-corrected chi connectivity index (χ1v) is 6.83. The molecule has 0 aliphatic heterocycles. The van der Waals surface area contributed by atoms with Gasteiger partial charge in [-0.15, -0.1) is 0 Å². The number of primary amides is 1. The first-order chi connectivity index (χ1) is 8.99. The molecule has 2 amide bonds. The van der Waals surface area contributed by atoms with Gasteiger partial charge in [0.25, 0.3) is 0 Å². The Morgan fingerprint density at radius 1 is 1.21 bits per heavy atom. The molecule has 0 heterocycles. The third-order valence-corrected chi connectivity index (χ3v) is 3.06. The maximum Gasteiger partial charge on any atom is 0.312 e. The second-order valence-electron chi connectivity index (χ2n) is 5.37. The topological polar surface area (TPSA) is 67.1 Å². The summed E-state index contributed by atoms with van der Waals surface area (Å²) in [6.07, 6.45) is 0.997. The Balaban J connectivity index is 2.57. The van der Waals surface area contributed by atoms with Crippen molar-refractivity contribution in [3.63, 3.8) is 0 Å². The van der Waals surface area contributed by atoms with E-state index in [1.54, 1.807) is 0 Å². The van der Waals surface area contributed by atoms with Crippen LogP contribution >= 0.6 is 0 Å². The van der Waals surface area contributed by atoms with Gasteiger partial charge in [-0.1, -0.05) is 44.2 Å². The maximum absolute atomic E-state index is 10.8. The lowest BCUT2D eigenvalue weighted by molar-refractivity contribution is 0.246. The van der Waals surface area contributed by atoms with Crippen molar-refractivity contribution in [3.8, 4) is 0 Å². The van der Waals surface area contributed by atoms with Gasteiger partial charge in [-0.25, -0.2) is 4.79 Å².